The van der Waals surface area contributed by atoms with Crippen molar-refractivity contribution in [1.29, 1.82) is 0 Å². The van der Waals surface area contributed by atoms with Crippen molar-refractivity contribution in [1.82, 2.24) is 5.32 Å². The monoisotopic (exact) mass is 199 g/mol. The molecule has 1 aliphatic carbocycles. The minimum Gasteiger partial charge on any atom is -0.480 e. The molecule has 0 aromatic rings. The van der Waals surface area contributed by atoms with Crippen molar-refractivity contribution < 1.29 is 14.6 Å². The van der Waals surface area contributed by atoms with E-state index in [0.717, 1.165) is 0 Å². The third kappa shape index (κ3) is 2.07. The standard InChI is InChI=1S/C10H17NO3/c12-10(13)9-6-14-5-8(11-9)7-3-1-2-4-7/h7-9,11H,1-6H2,(H,12,13). The molecule has 0 radical (unpaired) electrons. The number of carboxylic acids is 1. The second kappa shape index (κ2) is 4.28. The van der Waals surface area contributed by atoms with Gasteiger partial charge in [0.15, 0.2) is 0 Å². The van der Waals surface area contributed by atoms with Crippen molar-refractivity contribution in [3.8, 4) is 0 Å². The van der Waals surface area contributed by atoms with Crippen LogP contribution >= 0.6 is 0 Å². The van der Waals surface area contributed by atoms with Crippen LogP contribution in [0.1, 0.15) is 25.7 Å². The van der Waals surface area contributed by atoms with Gasteiger partial charge in [0.1, 0.15) is 6.04 Å². The van der Waals surface area contributed by atoms with E-state index in [4.69, 9.17) is 9.84 Å². The highest BCUT2D eigenvalue weighted by molar-refractivity contribution is 5.73. The number of hydrogen-bond acceptors (Lipinski definition) is 3. The summed E-state index contributed by atoms with van der Waals surface area (Å²) in [6.45, 7) is 0.979. The Labute approximate surface area is 83.6 Å². The Bertz CT molecular complexity index is 213. The highest BCUT2D eigenvalue weighted by atomic mass is 16.5. The first-order valence-corrected chi connectivity index (χ1v) is 5.34. The first kappa shape index (κ1) is 9.93. The fourth-order valence-corrected chi connectivity index (χ4v) is 2.44. The normalized spacial score (nSPS) is 34.6. The predicted octanol–water partition coefficient (Wildman–Crippen LogP) is 0.618. The molecular formula is C10H17NO3. The molecule has 14 heavy (non-hydrogen) atoms. The molecule has 0 bridgehead atoms. The Morgan fingerprint density at radius 3 is 2.64 bits per heavy atom. The summed E-state index contributed by atoms with van der Waals surface area (Å²) in [5.41, 5.74) is 0. The number of nitrogens with one attached hydrogen (secondary N) is 1. The van der Waals surface area contributed by atoms with E-state index < -0.39 is 12.0 Å². The summed E-state index contributed by atoms with van der Waals surface area (Å²) in [6, 6.07) is -0.248. The van der Waals surface area contributed by atoms with Gasteiger partial charge in [-0.3, -0.25) is 10.1 Å². The topological polar surface area (TPSA) is 58.6 Å². The molecule has 0 aromatic heterocycles. The Hall–Kier alpha value is -0.610. The lowest BCUT2D eigenvalue weighted by molar-refractivity contribution is -0.143. The van der Waals surface area contributed by atoms with Gasteiger partial charge in [0.2, 0.25) is 0 Å². The summed E-state index contributed by atoms with van der Waals surface area (Å²) < 4.78 is 5.33. The van der Waals surface area contributed by atoms with Crippen LogP contribution < -0.4 is 5.32 Å². The fourth-order valence-electron chi connectivity index (χ4n) is 2.44. The van der Waals surface area contributed by atoms with Gasteiger partial charge in [-0.1, -0.05) is 12.8 Å². The minimum absolute atomic E-state index is 0.257. The number of rotatable bonds is 2. The summed E-state index contributed by atoms with van der Waals surface area (Å²) in [5, 5.41) is 12.0. The average molecular weight is 199 g/mol. The summed E-state index contributed by atoms with van der Waals surface area (Å²) in [4.78, 5) is 10.8. The maximum Gasteiger partial charge on any atom is 0.323 e. The third-order valence-corrected chi connectivity index (χ3v) is 3.26. The van der Waals surface area contributed by atoms with Crippen LogP contribution in [0.5, 0.6) is 0 Å². The van der Waals surface area contributed by atoms with Crippen LogP contribution in [0, 0.1) is 5.92 Å². The molecule has 2 aliphatic rings. The molecule has 80 valence electrons. The summed E-state index contributed by atoms with van der Waals surface area (Å²) in [6.07, 6.45) is 4.99. The minimum atomic E-state index is -0.798. The van der Waals surface area contributed by atoms with E-state index in [-0.39, 0.29) is 6.04 Å². The summed E-state index contributed by atoms with van der Waals surface area (Å²) in [5.74, 6) is -0.176. The van der Waals surface area contributed by atoms with Gasteiger partial charge < -0.3 is 9.84 Å². The molecule has 4 heteroatoms. The quantitative estimate of drug-likeness (QED) is 0.684. The molecule has 1 saturated heterocycles. The highest BCUT2D eigenvalue weighted by Gasteiger charge is 2.32. The molecule has 2 fully saturated rings. The van der Waals surface area contributed by atoms with Gasteiger partial charge in [-0.25, -0.2) is 0 Å². The molecule has 0 aromatic carbocycles. The summed E-state index contributed by atoms with van der Waals surface area (Å²) >= 11 is 0. The van der Waals surface area contributed by atoms with Crippen LogP contribution in [-0.4, -0.2) is 36.4 Å². The Balaban J connectivity index is 1.89. The number of ether oxygens (including phenoxy) is 1. The molecule has 4 nitrogen and oxygen atoms in total. The van der Waals surface area contributed by atoms with Gasteiger partial charge in [-0.05, 0) is 18.8 Å². The lowest BCUT2D eigenvalue weighted by Crippen LogP contribution is -2.54. The van der Waals surface area contributed by atoms with E-state index in [1.807, 2.05) is 0 Å². The number of hydrogen-bond donors (Lipinski definition) is 2. The fraction of sp³-hybridized carbons (Fsp3) is 0.900. The third-order valence-electron chi connectivity index (χ3n) is 3.26. The van der Waals surface area contributed by atoms with E-state index in [1.165, 1.54) is 25.7 Å². The van der Waals surface area contributed by atoms with Gasteiger partial charge >= 0.3 is 5.97 Å². The van der Waals surface area contributed by atoms with E-state index in [9.17, 15) is 4.79 Å². The van der Waals surface area contributed by atoms with Crippen LogP contribution in [0.25, 0.3) is 0 Å². The van der Waals surface area contributed by atoms with Crippen molar-refractivity contribution in [2.45, 2.75) is 37.8 Å². The molecule has 1 saturated carbocycles. The van der Waals surface area contributed by atoms with Gasteiger partial charge in [-0.2, -0.15) is 0 Å². The van der Waals surface area contributed by atoms with Crippen LogP contribution in [0.2, 0.25) is 0 Å². The highest BCUT2D eigenvalue weighted by Crippen LogP contribution is 2.28. The maximum absolute atomic E-state index is 10.8. The largest absolute Gasteiger partial charge is 0.480 e. The van der Waals surface area contributed by atoms with E-state index in [0.29, 0.717) is 19.1 Å². The molecule has 2 N–H and O–H groups in total. The molecular weight excluding hydrogens is 182 g/mol. The van der Waals surface area contributed by atoms with Crippen molar-refractivity contribution >= 4 is 5.97 Å². The van der Waals surface area contributed by atoms with Crippen molar-refractivity contribution in [3.05, 3.63) is 0 Å². The zero-order valence-electron chi connectivity index (χ0n) is 8.24. The molecule has 1 aliphatic heterocycles. The van der Waals surface area contributed by atoms with Gasteiger partial charge in [0.05, 0.1) is 13.2 Å². The molecule has 2 rings (SSSR count). The van der Waals surface area contributed by atoms with Crippen molar-refractivity contribution in [2.24, 2.45) is 5.92 Å². The predicted molar refractivity (Wildman–Crippen MR) is 51.1 cm³/mol. The maximum atomic E-state index is 10.8. The van der Waals surface area contributed by atoms with Crippen LogP contribution in [-0.2, 0) is 9.53 Å². The van der Waals surface area contributed by atoms with Crippen LogP contribution in [0.4, 0.5) is 0 Å². The van der Waals surface area contributed by atoms with Gasteiger partial charge in [-0.15, -0.1) is 0 Å². The average Bonchev–Trinajstić information content (AvgIpc) is 2.71. The molecule has 0 amide bonds. The number of carbonyl (C=O) groups is 1. The molecule has 1 heterocycles. The molecule has 2 atom stereocenters. The van der Waals surface area contributed by atoms with Gasteiger partial charge in [0.25, 0.3) is 0 Å². The second-order valence-electron chi connectivity index (χ2n) is 4.25. The van der Waals surface area contributed by atoms with Gasteiger partial charge in [0, 0.05) is 6.04 Å². The Morgan fingerprint density at radius 1 is 1.29 bits per heavy atom. The zero-order valence-corrected chi connectivity index (χ0v) is 8.24. The molecule has 2 unspecified atom stereocenters. The first-order valence-electron chi connectivity index (χ1n) is 5.34. The number of morpholine rings is 1. The van der Waals surface area contributed by atoms with Crippen LogP contribution in [0.3, 0.4) is 0 Å². The Morgan fingerprint density at radius 2 is 2.00 bits per heavy atom. The van der Waals surface area contributed by atoms with E-state index in [1.54, 1.807) is 0 Å². The second-order valence-corrected chi connectivity index (χ2v) is 4.25. The lowest BCUT2D eigenvalue weighted by atomic mass is 9.97. The van der Waals surface area contributed by atoms with Crippen molar-refractivity contribution in [2.75, 3.05) is 13.2 Å². The number of aliphatic carboxylic acids is 1. The SMILES string of the molecule is O=C(O)C1COCC(C2CCCC2)N1. The smallest absolute Gasteiger partial charge is 0.323 e. The van der Waals surface area contributed by atoms with E-state index >= 15 is 0 Å². The molecule has 0 spiro atoms. The first-order chi connectivity index (χ1) is 6.77. The van der Waals surface area contributed by atoms with E-state index in [2.05, 4.69) is 5.32 Å². The Kier molecular flexibility index (Phi) is 3.03. The summed E-state index contributed by atoms with van der Waals surface area (Å²) in [7, 11) is 0. The lowest BCUT2D eigenvalue weighted by Gasteiger charge is -2.32. The van der Waals surface area contributed by atoms with Crippen molar-refractivity contribution in [3.63, 3.8) is 0 Å². The van der Waals surface area contributed by atoms with Crippen LogP contribution in [0.15, 0.2) is 0 Å². The zero-order chi connectivity index (χ0) is 9.97. The number of carboxylic acid groups (broad SMARTS) is 1.